The molecule has 0 radical (unpaired) electrons. The topological polar surface area (TPSA) is 34.4 Å². The van der Waals surface area contributed by atoms with Gasteiger partial charge in [0.05, 0.1) is 16.3 Å². The Morgan fingerprint density at radius 3 is 2.55 bits per heavy atom. The second-order valence-corrected chi connectivity index (χ2v) is 9.59. The normalized spacial score (nSPS) is 17.3. The minimum atomic E-state index is -0.287. The van der Waals surface area contributed by atoms with Crippen LogP contribution in [0, 0.1) is 12.7 Å². The van der Waals surface area contributed by atoms with Gasteiger partial charge >= 0.3 is 0 Å². The van der Waals surface area contributed by atoms with Crippen molar-refractivity contribution in [3.05, 3.63) is 132 Å². The van der Waals surface area contributed by atoms with Crippen molar-refractivity contribution in [2.45, 2.75) is 25.8 Å². The molecule has 0 amide bonds. The first-order chi connectivity index (χ1) is 16.1. The van der Waals surface area contributed by atoms with Gasteiger partial charge in [-0.3, -0.25) is 9.36 Å². The average Bonchev–Trinajstić information content (AvgIpc) is 3.14. The summed E-state index contributed by atoms with van der Waals surface area (Å²) in [4.78, 5) is 19.3. The minimum Gasteiger partial charge on any atom is -0.272 e. The standard InChI is InChI=1S/C28H21FN2OS/c1-17-6-8-18(9-7-17)16-24-27(32)31-26(20-10-13-21(29)14-11-20)23-15-12-19-4-2-3-5-22(19)25(23)30-28(31)33-24/h2-11,13-14,16,26H,12,15H2,1H3/b24-16+/t26-/m1/s1. The Bertz CT molecular complexity index is 1590. The molecule has 6 rings (SSSR count). The fourth-order valence-corrected chi connectivity index (χ4v) is 5.78. The third-order valence-corrected chi connectivity index (χ3v) is 7.42. The number of aryl methyl sites for hydroxylation is 2. The predicted molar refractivity (Wildman–Crippen MR) is 130 cm³/mol. The predicted octanol–water partition coefficient (Wildman–Crippen LogP) is 4.77. The van der Waals surface area contributed by atoms with Crippen molar-refractivity contribution in [2.75, 3.05) is 0 Å². The van der Waals surface area contributed by atoms with Crippen LogP contribution in [-0.4, -0.2) is 4.57 Å². The lowest BCUT2D eigenvalue weighted by Crippen LogP contribution is -2.38. The molecule has 0 N–H and O–H groups in total. The van der Waals surface area contributed by atoms with Gasteiger partial charge in [0.2, 0.25) is 0 Å². The number of benzene rings is 3. The smallest absolute Gasteiger partial charge is 0.271 e. The highest BCUT2D eigenvalue weighted by Crippen LogP contribution is 2.41. The lowest BCUT2D eigenvalue weighted by molar-refractivity contribution is 0.581. The van der Waals surface area contributed by atoms with Crippen LogP contribution in [0.25, 0.3) is 11.8 Å². The first-order valence-corrected chi connectivity index (χ1v) is 11.9. The van der Waals surface area contributed by atoms with Crippen LogP contribution in [0.1, 0.15) is 40.3 Å². The van der Waals surface area contributed by atoms with Crippen LogP contribution in [0.3, 0.4) is 0 Å². The van der Waals surface area contributed by atoms with Crippen molar-refractivity contribution < 1.29 is 4.39 Å². The fourth-order valence-electron chi connectivity index (χ4n) is 4.78. The van der Waals surface area contributed by atoms with E-state index in [0.717, 1.165) is 40.8 Å². The van der Waals surface area contributed by atoms with Gasteiger partial charge in [-0.1, -0.05) is 77.6 Å². The molecule has 1 atom stereocenters. The molecule has 5 heteroatoms. The summed E-state index contributed by atoms with van der Waals surface area (Å²) < 4.78 is 16.2. The molecule has 2 aliphatic rings. The quantitative estimate of drug-likeness (QED) is 0.432. The van der Waals surface area contributed by atoms with E-state index in [1.807, 2.05) is 43.3 Å². The number of thiazole rings is 1. The Hall–Kier alpha value is -3.57. The maximum atomic E-state index is 13.7. The largest absolute Gasteiger partial charge is 0.272 e. The molecule has 0 saturated heterocycles. The number of halogens is 1. The molecule has 0 saturated carbocycles. The summed E-state index contributed by atoms with van der Waals surface area (Å²) in [5.41, 5.74) is 7.48. The Balaban J connectivity index is 1.62. The lowest BCUT2D eigenvalue weighted by atomic mass is 9.83. The van der Waals surface area contributed by atoms with Crippen LogP contribution in [0.4, 0.5) is 4.39 Å². The molecule has 1 aliphatic heterocycles. The molecule has 2 heterocycles. The second kappa shape index (κ2) is 7.78. The van der Waals surface area contributed by atoms with Crippen LogP contribution in [0.15, 0.2) is 88.2 Å². The molecule has 33 heavy (non-hydrogen) atoms. The minimum absolute atomic E-state index is 0.0564. The first-order valence-electron chi connectivity index (χ1n) is 11.0. The van der Waals surface area contributed by atoms with Crippen molar-refractivity contribution >= 4 is 23.1 Å². The summed E-state index contributed by atoms with van der Waals surface area (Å²) in [6, 6.07) is 22.7. The molecule has 162 valence electrons. The highest BCUT2D eigenvalue weighted by molar-refractivity contribution is 7.07. The number of aromatic nitrogens is 1. The van der Waals surface area contributed by atoms with Gasteiger partial charge in [0.15, 0.2) is 4.80 Å². The molecule has 3 nitrogen and oxygen atoms in total. The van der Waals surface area contributed by atoms with Gasteiger partial charge in [-0.05, 0) is 60.2 Å². The Kier molecular flexibility index (Phi) is 4.73. The monoisotopic (exact) mass is 452 g/mol. The van der Waals surface area contributed by atoms with Crippen molar-refractivity contribution in [3.8, 4) is 0 Å². The Labute approximate surface area is 194 Å². The van der Waals surface area contributed by atoms with Crippen molar-refractivity contribution in [2.24, 2.45) is 4.99 Å². The highest BCUT2D eigenvalue weighted by atomic mass is 32.1. The first kappa shape index (κ1) is 20.1. The van der Waals surface area contributed by atoms with E-state index in [0.29, 0.717) is 9.33 Å². The molecule has 4 aromatic rings. The van der Waals surface area contributed by atoms with E-state index in [-0.39, 0.29) is 17.4 Å². The third kappa shape index (κ3) is 3.40. The summed E-state index contributed by atoms with van der Waals surface area (Å²) in [5.74, 6) is -0.284. The Morgan fingerprint density at radius 2 is 1.76 bits per heavy atom. The number of hydrogen-bond acceptors (Lipinski definition) is 3. The SMILES string of the molecule is Cc1ccc(/C=c2/sc3n(c2=O)[C@H](c2ccc(F)cc2)C2=C(N=3)c3ccccc3CC2)cc1. The summed E-state index contributed by atoms with van der Waals surface area (Å²) in [6.45, 7) is 2.04. The van der Waals surface area contributed by atoms with Crippen LogP contribution in [0.5, 0.6) is 0 Å². The molecule has 0 bridgehead atoms. The van der Waals surface area contributed by atoms with Gasteiger partial charge in [-0.15, -0.1) is 0 Å². The van der Waals surface area contributed by atoms with Crippen molar-refractivity contribution in [1.82, 2.24) is 4.57 Å². The number of nitrogens with zero attached hydrogens (tertiary/aromatic N) is 2. The van der Waals surface area contributed by atoms with Gasteiger partial charge in [-0.2, -0.15) is 0 Å². The second-order valence-electron chi connectivity index (χ2n) is 8.58. The van der Waals surface area contributed by atoms with Gasteiger partial charge in [-0.25, -0.2) is 9.38 Å². The summed E-state index contributed by atoms with van der Waals surface area (Å²) in [6.07, 6.45) is 3.65. The lowest BCUT2D eigenvalue weighted by Gasteiger charge is -2.30. The van der Waals surface area contributed by atoms with E-state index in [9.17, 15) is 9.18 Å². The number of rotatable bonds is 2. The van der Waals surface area contributed by atoms with Crippen LogP contribution >= 0.6 is 11.3 Å². The van der Waals surface area contributed by atoms with E-state index >= 15 is 0 Å². The van der Waals surface area contributed by atoms with E-state index in [1.165, 1.54) is 34.6 Å². The Morgan fingerprint density at radius 1 is 1.00 bits per heavy atom. The molecular formula is C28H21FN2OS. The molecule has 0 spiro atoms. The van der Waals surface area contributed by atoms with Gasteiger partial charge in [0.25, 0.3) is 5.56 Å². The van der Waals surface area contributed by atoms with E-state index in [2.05, 4.69) is 18.2 Å². The number of fused-ring (bicyclic) bond motifs is 3. The zero-order chi connectivity index (χ0) is 22.5. The molecular weight excluding hydrogens is 431 g/mol. The van der Waals surface area contributed by atoms with Crippen LogP contribution in [0.2, 0.25) is 0 Å². The molecule has 1 aliphatic carbocycles. The number of hydrogen-bond donors (Lipinski definition) is 0. The van der Waals surface area contributed by atoms with Crippen molar-refractivity contribution in [1.29, 1.82) is 0 Å². The maximum Gasteiger partial charge on any atom is 0.271 e. The summed E-state index contributed by atoms with van der Waals surface area (Å²) in [5, 5.41) is 0. The summed E-state index contributed by atoms with van der Waals surface area (Å²) >= 11 is 1.41. The van der Waals surface area contributed by atoms with Crippen LogP contribution < -0.4 is 14.9 Å². The molecule has 0 fully saturated rings. The summed E-state index contributed by atoms with van der Waals surface area (Å²) in [7, 11) is 0. The highest BCUT2D eigenvalue weighted by Gasteiger charge is 2.32. The van der Waals surface area contributed by atoms with E-state index in [1.54, 1.807) is 16.7 Å². The van der Waals surface area contributed by atoms with Crippen molar-refractivity contribution in [3.63, 3.8) is 0 Å². The maximum absolute atomic E-state index is 13.7. The van der Waals surface area contributed by atoms with E-state index in [4.69, 9.17) is 4.99 Å². The molecule has 1 aromatic heterocycles. The zero-order valence-electron chi connectivity index (χ0n) is 18.1. The zero-order valence-corrected chi connectivity index (χ0v) is 18.9. The molecule has 0 unspecified atom stereocenters. The van der Waals surface area contributed by atoms with Gasteiger partial charge in [0, 0.05) is 5.56 Å². The fraction of sp³-hybridized carbons (Fsp3) is 0.143. The van der Waals surface area contributed by atoms with Gasteiger partial charge in [0.1, 0.15) is 5.82 Å². The molecule has 3 aromatic carbocycles. The van der Waals surface area contributed by atoms with Gasteiger partial charge < -0.3 is 0 Å². The number of allylic oxidation sites excluding steroid dienone is 1. The average molecular weight is 453 g/mol. The van der Waals surface area contributed by atoms with Crippen LogP contribution in [-0.2, 0) is 6.42 Å². The third-order valence-electron chi connectivity index (χ3n) is 6.43. The van der Waals surface area contributed by atoms with E-state index < -0.39 is 0 Å².